The zero-order valence-corrected chi connectivity index (χ0v) is 10.1. The number of hydrogen-bond donors (Lipinski definition) is 1. The van der Waals surface area contributed by atoms with E-state index in [0.717, 1.165) is 0 Å². The molecular weight excluding hydrogens is 229 g/mol. The summed E-state index contributed by atoms with van der Waals surface area (Å²) in [5, 5.41) is 2.77. The zero-order chi connectivity index (χ0) is 12.0. The van der Waals surface area contributed by atoms with Gasteiger partial charge in [-0.25, -0.2) is 12.8 Å². The van der Waals surface area contributed by atoms with Crippen LogP contribution in [-0.4, -0.2) is 26.5 Å². The normalized spacial score (nSPS) is 11.4. The SMILES string of the molecule is CCCS(=O)(=O)CCNc1ccccc1F. The van der Waals surface area contributed by atoms with Gasteiger partial charge in [0.15, 0.2) is 9.84 Å². The Balaban J connectivity index is 2.45. The number of nitrogens with one attached hydrogen (secondary N) is 1. The minimum atomic E-state index is -3.00. The van der Waals surface area contributed by atoms with Crippen LogP contribution < -0.4 is 5.32 Å². The third kappa shape index (κ3) is 4.18. The first-order chi connectivity index (χ1) is 7.55. The van der Waals surface area contributed by atoms with Crippen LogP contribution in [0.4, 0.5) is 10.1 Å². The molecule has 0 radical (unpaired) electrons. The molecule has 1 aromatic carbocycles. The summed E-state index contributed by atoms with van der Waals surface area (Å²) in [6, 6.07) is 6.21. The number of anilines is 1. The number of sulfone groups is 1. The number of para-hydroxylation sites is 1. The Hall–Kier alpha value is -1.10. The van der Waals surface area contributed by atoms with Gasteiger partial charge in [-0.15, -0.1) is 0 Å². The number of benzene rings is 1. The third-order valence-electron chi connectivity index (χ3n) is 2.12. The van der Waals surface area contributed by atoms with Gasteiger partial charge < -0.3 is 5.32 Å². The second-order valence-electron chi connectivity index (χ2n) is 3.56. The predicted octanol–water partition coefficient (Wildman–Crippen LogP) is 2.06. The van der Waals surface area contributed by atoms with Crippen LogP contribution in [0.3, 0.4) is 0 Å². The van der Waals surface area contributed by atoms with Gasteiger partial charge in [-0.05, 0) is 18.6 Å². The lowest BCUT2D eigenvalue weighted by Crippen LogP contribution is -2.18. The van der Waals surface area contributed by atoms with Crippen LogP contribution in [0.15, 0.2) is 24.3 Å². The van der Waals surface area contributed by atoms with Crippen molar-refractivity contribution >= 4 is 15.5 Å². The van der Waals surface area contributed by atoms with E-state index in [1.54, 1.807) is 18.2 Å². The molecule has 16 heavy (non-hydrogen) atoms. The molecule has 0 bridgehead atoms. The zero-order valence-electron chi connectivity index (χ0n) is 9.24. The van der Waals surface area contributed by atoms with Crippen molar-refractivity contribution in [3.8, 4) is 0 Å². The maximum Gasteiger partial charge on any atom is 0.152 e. The molecule has 0 fully saturated rings. The fraction of sp³-hybridized carbons (Fsp3) is 0.455. The van der Waals surface area contributed by atoms with Gasteiger partial charge in [0.2, 0.25) is 0 Å². The summed E-state index contributed by atoms with van der Waals surface area (Å²) in [7, 11) is -3.00. The molecule has 0 aliphatic carbocycles. The van der Waals surface area contributed by atoms with Crippen LogP contribution in [0.1, 0.15) is 13.3 Å². The molecule has 0 saturated heterocycles. The molecule has 0 unspecified atom stereocenters. The van der Waals surface area contributed by atoms with Crippen LogP contribution in [0.2, 0.25) is 0 Å². The minimum Gasteiger partial charge on any atom is -0.382 e. The maximum atomic E-state index is 13.1. The van der Waals surface area contributed by atoms with Crippen molar-refractivity contribution in [3.63, 3.8) is 0 Å². The van der Waals surface area contributed by atoms with E-state index in [-0.39, 0.29) is 23.9 Å². The van der Waals surface area contributed by atoms with E-state index in [1.807, 2.05) is 6.92 Å². The Morgan fingerprint density at radius 2 is 1.94 bits per heavy atom. The Bertz CT molecular complexity index is 431. The van der Waals surface area contributed by atoms with Gasteiger partial charge >= 0.3 is 0 Å². The summed E-state index contributed by atoms with van der Waals surface area (Å²) >= 11 is 0. The summed E-state index contributed by atoms with van der Waals surface area (Å²) in [6.45, 7) is 2.06. The van der Waals surface area contributed by atoms with E-state index in [9.17, 15) is 12.8 Å². The molecule has 1 aromatic rings. The summed E-state index contributed by atoms with van der Waals surface area (Å²) < 4.78 is 35.9. The molecule has 0 aliphatic heterocycles. The maximum absolute atomic E-state index is 13.1. The standard InChI is InChI=1S/C11H16FNO2S/c1-2-8-16(14,15)9-7-13-11-6-4-3-5-10(11)12/h3-6,13H,2,7-9H2,1H3. The molecule has 0 spiro atoms. The molecule has 0 saturated carbocycles. The van der Waals surface area contributed by atoms with Gasteiger partial charge in [-0.1, -0.05) is 19.1 Å². The number of hydrogen-bond acceptors (Lipinski definition) is 3. The van der Waals surface area contributed by atoms with E-state index in [2.05, 4.69) is 5.32 Å². The van der Waals surface area contributed by atoms with Crippen molar-refractivity contribution in [2.24, 2.45) is 0 Å². The quantitative estimate of drug-likeness (QED) is 0.834. The lowest BCUT2D eigenvalue weighted by Gasteiger charge is -2.07. The predicted molar refractivity (Wildman–Crippen MR) is 63.8 cm³/mol. The van der Waals surface area contributed by atoms with E-state index in [4.69, 9.17) is 0 Å². The highest BCUT2D eigenvalue weighted by atomic mass is 32.2. The Morgan fingerprint density at radius 3 is 2.56 bits per heavy atom. The van der Waals surface area contributed by atoms with Gasteiger partial charge in [0.25, 0.3) is 0 Å². The highest BCUT2D eigenvalue weighted by Crippen LogP contribution is 2.11. The Labute approximate surface area is 95.6 Å². The van der Waals surface area contributed by atoms with Crippen molar-refractivity contribution in [3.05, 3.63) is 30.1 Å². The molecular formula is C11H16FNO2S. The van der Waals surface area contributed by atoms with Crippen LogP contribution in [0, 0.1) is 5.82 Å². The lowest BCUT2D eigenvalue weighted by atomic mass is 10.3. The molecule has 0 amide bonds. The van der Waals surface area contributed by atoms with Gasteiger partial charge in [0.1, 0.15) is 5.82 Å². The van der Waals surface area contributed by atoms with Crippen LogP contribution in [0.5, 0.6) is 0 Å². The largest absolute Gasteiger partial charge is 0.382 e. The monoisotopic (exact) mass is 245 g/mol. The van der Waals surface area contributed by atoms with Crippen LogP contribution in [-0.2, 0) is 9.84 Å². The van der Waals surface area contributed by atoms with Crippen molar-refractivity contribution in [2.75, 3.05) is 23.4 Å². The smallest absolute Gasteiger partial charge is 0.152 e. The first-order valence-corrected chi connectivity index (χ1v) is 7.06. The van der Waals surface area contributed by atoms with Crippen molar-refractivity contribution in [1.82, 2.24) is 0 Å². The van der Waals surface area contributed by atoms with E-state index in [1.165, 1.54) is 6.07 Å². The van der Waals surface area contributed by atoms with Gasteiger partial charge in [-0.2, -0.15) is 0 Å². The molecule has 0 aromatic heterocycles. The topological polar surface area (TPSA) is 46.2 Å². The molecule has 1 rings (SSSR count). The average Bonchev–Trinajstić information content (AvgIpc) is 2.20. The van der Waals surface area contributed by atoms with E-state index >= 15 is 0 Å². The lowest BCUT2D eigenvalue weighted by molar-refractivity contribution is 0.594. The van der Waals surface area contributed by atoms with E-state index in [0.29, 0.717) is 12.1 Å². The summed E-state index contributed by atoms with van der Waals surface area (Å²) in [5.74, 6) is -0.142. The van der Waals surface area contributed by atoms with Gasteiger partial charge in [0, 0.05) is 12.3 Å². The van der Waals surface area contributed by atoms with Crippen molar-refractivity contribution in [1.29, 1.82) is 0 Å². The van der Waals surface area contributed by atoms with Gasteiger partial charge in [0.05, 0.1) is 11.4 Å². The first-order valence-electron chi connectivity index (χ1n) is 5.24. The van der Waals surface area contributed by atoms with Crippen molar-refractivity contribution < 1.29 is 12.8 Å². The average molecular weight is 245 g/mol. The van der Waals surface area contributed by atoms with E-state index < -0.39 is 9.84 Å². The molecule has 1 N–H and O–H groups in total. The second kappa shape index (κ2) is 5.84. The van der Waals surface area contributed by atoms with Crippen LogP contribution >= 0.6 is 0 Å². The summed E-state index contributed by atoms with van der Waals surface area (Å²) in [6.07, 6.45) is 0.613. The molecule has 0 heterocycles. The molecule has 90 valence electrons. The fourth-order valence-electron chi connectivity index (χ4n) is 1.36. The number of rotatable bonds is 6. The molecule has 0 aliphatic rings. The summed E-state index contributed by atoms with van der Waals surface area (Å²) in [5.41, 5.74) is 0.342. The third-order valence-corrected chi connectivity index (χ3v) is 3.97. The fourth-order valence-corrected chi connectivity index (χ4v) is 2.60. The minimum absolute atomic E-state index is 0.0369. The second-order valence-corrected chi connectivity index (χ2v) is 5.86. The first kappa shape index (κ1) is 13.0. The Morgan fingerprint density at radius 1 is 1.25 bits per heavy atom. The highest BCUT2D eigenvalue weighted by molar-refractivity contribution is 7.91. The number of halogens is 1. The van der Waals surface area contributed by atoms with Crippen molar-refractivity contribution in [2.45, 2.75) is 13.3 Å². The van der Waals surface area contributed by atoms with Gasteiger partial charge in [-0.3, -0.25) is 0 Å². The summed E-state index contributed by atoms with van der Waals surface area (Å²) in [4.78, 5) is 0. The molecule has 0 atom stereocenters. The molecule has 3 nitrogen and oxygen atoms in total. The molecule has 5 heteroatoms. The van der Waals surface area contributed by atoms with Crippen LogP contribution in [0.25, 0.3) is 0 Å². The highest BCUT2D eigenvalue weighted by Gasteiger charge is 2.09. The Kier molecular flexibility index (Phi) is 4.73.